The number of imidazole rings is 1. The molecule has 0 saturated carbocycles. The zero-order valence-electron chi connectivity index (χ0n) is 10.8. The molecule has 0 aromatic carbocycles. The smallest absolute Gasteiger partial charge is 0.207 e. The minimum absolute atomic E-state index is 0.371. The van der Waals surface area contributed by atoms with E-state index in [1.54, 1.807) is 0 Å². The van der Waals surface area contributed by atoms with E-state index >= 15 is 0 Å². The number of anilines is 1. The van der Waals surface area contributed by atoms with Crippen LogP contribution in [0.2, 0.25) is 0 Å². The molecule has 0 unspecified atom stereocenters. The van der Waals surface area contributed by atoms with Gasteiger partial charge >= 0.3 is 0 Å². The van der Waals surface area contributed by atoms with Gasteiger partial charge in [0.2, 0.25) is 5.95 Å². The summed E-state index contributed by atoms with van der Waals surface area (Å²) in [7, 11) is 0. The van der Waals surface area contributed by atoms with Crippen LogP contribution in [-0.4, -0.2) is 25.9 Å². The molecule has 92 valence electrons. The van der Waals surface area contributed by atoms with E-state index < -0.39 is 0 Å². The van der Waals surface area contributed by atoms with Gasteiger partial charge in [-0.1, -0.05) is 0 Å². The molecule has 0 aliphatic heterocycles. The number of nitrogens with one attached hydrogen (secondary N) is 1. The molecule has 0 amide bonds. The number of aryl methyl sites for hydroxylation is 1. The first-order chi connectivity index (χ1) is 8.11. The van der Waals surface area contributed by atoms with Gasteiger partial charge < -0.3 is 5.32 Å². The molecule has 2 rings (SSSR count). The summed E-state index contributed by atoms with van der Waals surface area (Å²) in [6.45, 7) is 9.13. The second kappa shape index (κ2) is 4.61. The molecular formula is C12H19N5. The molecule has 17 heavy (non-hydrogen) atoms. The fourth-order valence-electron chi connectivity index (χ4n) is 1.71. The van der Waals surface area contributed by atoms with Crippen molar-refractivity contribution in [1.82, 2.24) is 19.3 Å². The van der Waals surface area contributed by atoms with E-state index in [2.05, 4.69) is 36.2 Å². The standard InChI is InChI=1S/C12H19N5/c1-5-13-12-15-10(4)7-16(12)11-6-14-17(8-11)9(2)3/h6-9H,5H2,1-4H3,(H,13,15). The van der Waals surface area contributed by atoms with Crippen molar-refractivity contribution < 1.29 is 0 Å². The van der Waals surface area contributed by atoms with Gasteiger partial charge in [-0.15, -0.1) is 0 Å². The lowest BCUT2D eigenvalue weighted by Crippen LogP contribution is -2.04. The van der Waals surface area contributed by atoms with Crippen molar-refractivity contribution in [2.75, 3.05) is 11.9 Å². The summed E-state index contributed by atoms with van der Waals surface area (Å²) in [5, 5.41) is 7.59. The molecule has 2 heterocycles. The Hall–Kier alpha value is -1.78. The molecule has 2 aromatic heterocycles. The molecule has 0 bridgehead atoms. The molecule has 0 radical (unpaired) electrons. The Kier molecular flexibility index (Phi) is 3.17. The number of hydrogen-bond donors (Lipinski definition) is 1. The van der Waals surface area contributed by atoms with E-state index in [0.717, 1.165) is 23.9 Å². The average molecular weight is 233 g/mol. The van der Waals surface area contributed by atoms with Gasteiger partial charge in [0.15, 0.2) is 0 Å². The molecular weight excluding hydrogens is 214 g/mol. The maximum atomic E-state index is 4.45. The highest BCUT2D eigenvalue weighted by Crippen LogP contribution is 2.17. The molecule has 0 spiro atoms. The van der Waals surface area contributed by atoms with Crippen molar-refractivity contribution in [1.29, 1.82) is 0 Å². The van der Waals surface area contributed by atoms with E-state index in [9.17, 15) is 0 Å². The number of aromatic nitrogens is 4. The molecule has 0 saturated heterocycles. The number of hydrogen-bond acceptors (Lipinski definition) is 3. The van der Waals surface area contributed by atoms with Gasteiger partial charge in [-0.05, 0) is 27.7 Å². The predicted molar refractivity (Wildman–Crippen MR) is 68.6 cm³/mol. The molecule has 2 aromatic rings. The molecule has 1 N–H and O–H groups in total. The van der Waals surface area contributed by atoms with Crippen LogP contribution in [0.4, 0.5) is 5.95 Å². The maximum Gasteiger partial charge on any atom is 0.207 e. The predicted octanol–water partition coefficient (Wildman–Crippen LogP) is 2.39. The molecule has 0 atom stereocenters. The summed E-state index contributed by atoms with van der Waals surface area (Å²) in [6.07, 6.45) is 5.91. The summed E-state index contributed by atoms with van der Waals surface area (Å²) >= 11 is 0. The van der Waals surface area contributed by atoms with Crippen LogP contribution in [0.25, 0.3) is 5.69 Å². The van der Waals surface area contributed by atoms with Crippen molar-refractivity contribution in [3.05, 3.63) is 24.3 Å². The summed E-state index contributed by atoms with van der Waals surface area (Å²) in [4.78, 5) is 4.45. The Morgan fingerprint density at radius 1 is 1.35 bits per heavy atom. The third-order valence-electron chi connectivity index (χ3n) is 2.56. The molecule has 5 heteroatoms. The monoisotopic (exact) mass is 233 g/mol. The fraction of sp³-hybridized carbons (Fsp3) is 0.500. The average Bonchev–Trinajstić information content (AvgIpc) is 2.85. The van der Waals surface area contributed by atoms with Crippen LogP contribution in [0.5, 0.6) is 0 Å². The van der Waals surface area contributed by atoms with Crippen molar-refractivity contribution in [2.45, 2.75) is 33.7 Å². The molecule has 0 aliphatic carbocycles. The Balaban J connectivity index is 2.37. The SMILES string of the molecule is CCNc1nc(C)cn1-c1cnn(C(C)C)c1. The van der Waals surface area contributed by atoms with Crippen LogP contribution >= 0.6 is 0 Å². The topological polar surface area (TPSA) is 47.7 Å². The summed E-state index contributed by atoms with van der Waals surface area (Å²) in [6, 6.07) is 0.371. The molecule has 0 aliphatic rings. The van der Waals surface area contributed by atoms with Crippen LogP contribution < -0.4 is 5.32 Å². The summed E-state index contributed by atoms with van der Waals surface area (Å²) in [5.41, 5.74) is 2.04. The minimum Gasteiger partial charge on any atom is -0.356 e. The highest BCUT2D eigenvalue weighted by Gasteiger charge is 2.09. The summed E-state index contributed by atoms with van der Waals surface area (Å²) < 4.78 is 3.98. The zero-order chi connectivity index (χ0) is 12.4. The van der Waals surface area contributed by atoms with Crippen molar-refractivity contribution in [3.8, 4) is 5.69 Å². The molecule has 0 fully saturated rings. The van der Waals surface area contributed by atoms with Gasteiger partial charge in [-0.3, -0.25) is 9.25 Å². The molecule has 5 nitrogen and oxygen atoms in total. The Bertz CT molecular complexity index is 495. The Morgan fingerprint density at radius 3 is 2.71 bits per heavy atom. The normalized spacial score (nSPS) is 11.1. The van der Waals surface area contributed by atoms with Crippen molar-refractivity contribution in [2.24, 2.45) is 0 Å². The first kappa shape index (κ1) is 11.7. The van der Waals surface area contributed by atoms with E-state index in [-0.39, 0.29) is 0 Å². The highest BCUT2D eigenvalue weighted by atomic mass is 15.3. The largest absolute Gasteiger partial charge is 0.356 e. The lowest BCUT2D eigenvalue weighted by molar-refractivity contribution is 0.532. The Morgan fingerprint density at radius 2 is 2.12 bits per heavy atom. The maximum absolute atomic E-state index is 4.45. The van der Waals surface area contributed by atoms with E-state index in [1.807, 2.05) is 34.8 Å². The number of rotatable bonds is 4. The lowest BCUT2D eigenvalue weighted by Gasteiger charge is -2.06. The second-order valence-electron chi connectivity index (χ2n) is 4.38. The third-order valence-corrected chi connectivity index (χ3v) is 2.56. The first-order valence-electron chi connectivity index (χ1n) is 5.96. The van der Waals surface area contributed by atoms with Gasteiger partial charge in [0.1, 0.15) is 0 Å². The first-order valence-corrected chi connectivity index (χ1v) is 5.96. The van der Waals surface area contributed by atoms with Crippen LogP contribution in [0.15, 0.2) is 18.6 Å². The van der Waals surface area contributed by atoms with E-state index in [4.69, 9.17) is 0 Å². The van der Waals surface area contributed by atoms with Gasteiger partial charge in [0.25, 0.3) is 0 Å². The van der Waals surface area contributed by atoms with Crippen LogP contribution in [0.3, 0.4) is 0 Å². The van der Waals surface area contributed by atoms with E-state index in [1.165, 1.54) is 0 Å². The lowest BCUT2D eigenvalue weighted by atomic mass is 10.4. The van der Waals surface area contributed by atoms with Gasteiger partial charge in [0.05, 0.1) is 17.6 Å². The fourth-order valence-corrected chi connectivity index (χ4v) is 1.71. The van der Waals surface area contributed by atoms with Gasteiger partial charge in [0, 0.05) is 25.0 Å². The highest BCUT2D eigenvalue weighted by molar-refractivity contribution is 5.40. The van der Waals surface area contributed by atoms with E-state index in [0.29, 0.717) is 6.04 Å². The van der Waals surface area contributed by atoms with Gasteiger partial charge in [-0.2, -0.15) is 5.10 Å². The number of nitrogens with zero attached hydrogens (tertiary/aromatic N) is 4. The van der Waals surface area contributed by atoms with Gasteiger partial charge in [-0.25, -0.2) is 4.98 Å². The third kappa shape index (κ3) is 2.33. The minimum atomic E-state index is 0.371. The van der Waals surface area contributed by atoms with Crippen LogP contribution in [0.1, 0.15) is 32.5 Å². The quantitative estimate of drug-likeness (QED) is 0.882. The van der Waals surface area contributed by atoms with Crippen LogP contribution in [0, 0.1) is 6.92 Å². The Labute approximate surface area is 101 Å². The van der Waals surface area contributed by atoms with Crippen molar-refractivity contribution in [3.63, 3.8) is 0 Å². The summed E-state index contributed by atoms with van der Waals surface area (Å²) in [5.74, 6) is 0.869. The zero-order valence-corrected chi connectivity index (χ0v) is 10.8. The van der Waals surface area contributed by atoms with Crippen LogP contribution in [-0.2, 0) is 0 Å². The van der Waals surface area contributed by atoms with Crippen molar-refractivity contribution >= 4 is 5.95 Å². The second-order valence-corrected chi connectivity index (χ2v) is 4.38.